The van der Waals surface area contributed by atoms with E-state index in [0.717, 1.165) is 11.3 Å². The van der Waals surface area contributed by atoms with Gasteiger partial charge in [0.15, 0.2) is 6.10 Å². The number of hydrogen-bond acceptors (Lipinski definition) is 3. The summed E-state index contributed by atoms with van der Waals surface area (Å²) < 4.78 is 18.5. The van der Waals surface area contributed by atoms with Crippen LogP contribution in [0.5, 0.6) is 5.75 Å². The molecule has 1 atom stereocenters. The molecular weight excluding hydrogens is 299 g/mol. The minimum atomic E-state index is -0.804. The normalized spacial score (nSPS) is 11.8. The van der Waals surface area contributed by atoms with Gasteiger partial charge < -0.3 is 15.0 Å². The van der Waals surface area contributed by atoms with E-state index in [9.17, 15) is 14.0 Å². The largest absolute Gasteiger partial charge is 0.481 e. The Morgan fingerprint density at radius 1 is 1.35 bits per heavy atom. The van der Waals surface area contributed by atoms with Gasteiger partial charge in [-0.15, -0.1) is 0 Å². The topological polar surface area (TPSA) is 71.2 Å². The molecule has 0 radical (unpaired) electrons. The lowest BCUT2D eigenvalue weighted by atomic mass is 10.1. The van der Waals surface area contributed by atoms with Crippen molar-refractivity contribution in [1.29, 1.82) is 0 Å². The molecule has 0 bridgehead atoms. The number of rotatable bonds is 5. The van der Waals surface area contributed by atoms with Crippen molar-refractivity contribution in [3.63, 3.8) is 0 Å². The monoisotopic (exact) mass is 318 g/mol. The van der Waals surface area contributed by atoms with Gasteiger partial charge in [0.1, 0.15) is 11.6 Å². The molecule has 0 unspecified atom stereocenters. The van der Waals surface area contributed by atoms with Gasteiger partial charge in [-0.05, 0) is 44.5 Å². The molecule has 1 aromatic carbocycles. The number of aromatic nitrogens is 1. The Hall–Kier alpha value is -2.63. The highest BCUT2D eigenvalue weighted by Crippen LogP contribution is 2.14. The summed E-state index contributed by atoms with van der Waals surface area (Å²) in [4.78, 5) is 26.6. The summed E-state index contributed by atoms with van der Waals surface area (Å²) in [6, 6.07) is 7.42. The van der Waals surface area contributed by atoms with E-state index in [4.69, 9.17) is 4.74 Å². The number of aromatic amines is 1. The number of amides is 1. The number of benzene rings is 1. The molecule has 0 aliphatic carbocycles. The zero-order valence-electron chi connectivity index (χ0n) is 13.3. The van der Waals surface area contributed by atoms with Crippen LogP contribution in [0, 0.1) is 19.7 Å². The molecule has 0 saturated carbocycles. The van der Waals surface area contributed by atoms with Gasteiger partial charge in [-0.3, -0.25) is 9.59 Å². The van der Waals surface area contributed by atoms with E-state index in [1.54, 1.807) is 19.9 Å². The van der Waals surface area contributed by atoms with Gasteiger partial charge in [-0.2, -0.15) is 0 Å². The number of pyridine rings is 1. The van der Waals surface area contributed by atoms with Gasteiger partial charge in [0, 0.05) is 23.9 Å². The van der Waals surface area contributed by atoms with E-state index in [1.165, 1.54) is 18.2 Å². The van der Waals surface area contributed by atoms with Crippen molar-refractivity contribution < 1.29 is 13.9 Å². The predicted octanol–water partition coefficient (Wildman–Crippen LogP) is 2.21. The highest BCUT2D eigenvalue weighted by molar-refractivity contribution is 5.80. The molecule has 0 aliphatic rings. The first-order valence-electron chi connectivity index (χ1n) is 7.26. The molecule has 0 saturated heterocycles. The van der Waals surface area contributed by atoms with Crippen molar-refractivity contribution in [1.82, 2.24) is 10.3 Å². The maximum absolute atomic E-state index is 13.1. The molecule has 1 amide bonds. The van der Waals surface area contributed by atoms with Crippen LogP contribution in [0.2, 0.25) is 0 Å². The van der Waals surface area contributed by atoms with E-state index in [2.05, 4.69) is 10.3 Å². The molecule has 122 valence electrons. The molecule has 0 fully saturated rings. The molecule has 23 heavy (non-hydrogen) atoms. The predicted molar refractivity (Wildman–Crippen MR) is 84.9 cm³/mol. The molecule has 0 aliphatic heterocycles. The van der Waals surface area contributed by atoms with Crippen molar-refractivity contribution in [3.05, 3.63) is 63.3 Å². The Balaban J connectivity index is 1.98. The fraction of sp³-hybridized carbons (Fsp3) is 0.294. The SMILES string of the molecule is Cc1cc(C)c(CNC(=O)[C@H](C)Oc2cccc(F)c2)c(=O)[nH]1. The fourth-order valence-electron chi connectivity index (χ4n) is 2.22. The molecule has 2 rings (SSSR count). The van der Waals surface area contributed by atoms with Crippen molar-refractivity contribution in [2.24, 2.45) is 0 Å². The summed E-state index contributed by atoms with van der Waals surface area (Å²) in [7, 11) is 0. The average molecular weight is 318 g/mol. The zero-order chi connectivity index (χ0) is 17.0. The lowest BCUT2D eigenvalue weighted by Gasteiger charge is -2.15. The first-order chi connectivity index (χ1) is 10.9. The smallest absolute Gasteiger partial charge is 0.261 e. The minimum Gasteiger partial charge on any atom is -0.481 e. The number of H-pyrrole nitrogens is 1. The summed E-state index contributed by atoms with van der Waals surface area (Å²) in [6.45, 7) is 5.28. The lowest BCUT2D eigenvalue weighted by Crippen LogP contribution is -2.37. The van der Waals surface area contributed by atoms with E-state index in [0.29, 0.717) is 5.56 Å². The highest BCUT2D eigenvalue weighted by Gasteiger charge is 2.16. The Morgan fingerprint density at radius 2 is 2.09 bits per heavy atom. The third-order valence-electron chi connectivity index (χ3n) is 3.41. The number of carbonyl (C=O) groups excluding carboxylic acids is 1. The molecule has 2 aromatic rings. The number of hydrogen-bond donors (Lipinski definition) is 2. The molecule has 2 N–H and O–H groups in total. The molecule has 1 aromatic heterocycles. The van der Waals surface area contributed by atoms with E-state index >= 15 is 0 Å². The van der Waals surface area contributed by atoms with E-state index in [1.807, 2.05) is 13.0 Å². The van der Waals surface area contributed by atoms with Crippen LogP contribution in [0.4, 0.5) is 4.39 Å². The van der Waals surface area contributed by atoms with Crippen molar-refractivity contribution in [2.75, 3.05) is 0 Å². The first kappa shape index (κ1) is 16.7. The molecule has 0 spiro atoms. The lowest BCUT2D eigenvalue weighted by molar-refractivity contribution is -0.127. The van der Waals surface area contributed by atoms with Gasteiger partial charge >= 0.3 is 0 Å². The van der Waals surface area contributed by atoms with Gasteiger partial charge in [0.25, 0.3) is 11.5 Å². The average Bonchev–Trinajstić information content (AvgIpc) is 2.45. The summed E-state index contributed by atoms with van der Waals surface area (Å²) in [5, 5.41) is 2.66. The van der Waals surface area contributed by atoms with Crippen LogP contribution >= 0.6 is 0 Å². The van der Waals surface area contributed by atoms with Gasteiger partial charge in [0.2, 0.25) is 0 Å². The Labute approximate surface area is 133 Å². The molecule has 6 heteroatoms. The van der Waals surface area contributed by atoms with Gasteiger partial charge in [0.05, 0.1) is 0 Å². The fourth-order valence-corrected chi connectivity index (χ4v) is 2.22. The molecule has 1 heterocycles. The standard InChI is InChI=1S/C17H19FN2O3/c1-10-7-11(2)20-17(22)15(10)9-19-16(21)12(3)23-14-6-4-5-13(18)8-14/h4-8,12H,9H2,1-3H3,(H,19,21)(H,20,22)/t12-/m0/s1. The highest BCUT2D eigenvalue weighted by atomic mass is 19.1. The first-order valence-corrected chi connectivity index (χ1v) is 7.26. The second-order valence-electron chi connectivity index (χ2n) is 5.38. The van der Waals surface area contributed by atoms with Crippen LogP contribution in [-0.4, -0.2) is 17.0 Å². The Bertz CT molecular complexity index is 771. The number of nitrogens with one attached hydrogen (secondary N) is 2. The van der Waals surface area contributed by atoms with Crippen LogP contribution in [0.15, 0.2) is 35.1 Å². The summed E-state index contributed by atoms with van der Waals surface area (Å²) >= 11 is 0. The maximum Gasteiger partial charge on any atom is 0.261 e. The number of ether oxygens (including phenoxy) is 1. The van der Waals surface area contributed by atoms with E-state index < -0.39 is 11.9 Å². The summed E-state index contributed by atoms with van der Waals surface area (Å²) in [6.07, 6.45) is -0.804. The Kier molecular flexibility index (Phi) is 5.16. The van der Waals surface area contributed by atoms with Crippen LogP contribution in [0.3, 0.4) is 0 Å². The zero-order valence-corrected chi connectivity index (χ0v) is 13.3. The van der Waals surface area contributed by atoms with Crippen molar-refractivity contribution in [2.45, 2.75) is 33.4 Å². The van der Waals surface area contributed by atoms with Gasteiger partial charge in [-0.25, -0.2) is 4.39 Å². The number of aryl methyl sites for hydroxylation is 2. The summed E-state index contributed by atoms with van der Waals surface area (Å²) in [5.41, 5.74) is 1.86. The van der Waals surface area contributed by atoms with Crippen LogP contribution in [0.25, 0.3) is 0 Å². The second kappa shape index (κ2) is 7.09. The third kappa shape index (κ3) is 4.42. The van der Waals surface area contributed by atoms with Gasteiger partial charge in [-0.1, -0.05) is 6.07 Å². The Morgan fingerprint density at radius 3 is 2.74 bits per heavy atom. The summed E-state index contributed by atoms with van der Waals surface area (Å²) in [5.74, 6) is -0.539. The third-order valence-corrected chi connectivity index (χ3v) is 3.41. The number of carbonyl (C=O) groups is 1. The van der Waals surface area contributed by atoms with E-state index in [-0.39, 0.29) is 23.8 Å². The molecule has 5 nitrogen and oxygen atoms in total. The van der Waals surface area contributed by atoms with Crippen molar-refractivity contribution in [3.8, 4) is 5.75 Å². The van der Waals surface area contributed by atoms with Crippen LogP contribution in [-0.2, 0) is 11.3 Å². The quantitative estimate of drug-likeness (QED) is 0.888. The van der Waals surface area contributed by atoms with Crippen LogP contribution in [0.1, 0.15) is 23.7 Å². The molecular formula is C17H19FN2O3. The minimum absolute atomic E-state index is 0.108. The van der Waals surface area contributed by atoms with Crippen LogP contribution < -0.4 is 15.6 Å². The second-order valence-corrected chi connectivity index (χ2v) is 5.38. The van der Waals surface area contributed by atoms with Crippen molar-refractivity contribution >= 4 is 5.91 Å². The maximum atomic E-state index is 13.1. The number of halogens is 1.